The first-order valence-corrected chi connectivity index (χ1v) is 7.67. The summed E-state index contributed by atoms with van der Waals surface area (Å²) in [6.45, 7) is 5.24. The molecule has 0 aliphatic heterocycles. The third kappa shape index (κ3) is 2.64. The van der Waals surface area contributed by atoms with Crippen molar-refractivity contribution < 1.29 is 19.1 Å². The molecule has 0 radical (unpaired) electrons. The predicted molar refractivity (Wildman–Crippen MR) is 90.0 cm³/mol. The number of aliphatic hydroxyl groups is 1. The first-order valence-electron chi connectivity index (χ1n) is 7.67. The van der Waals surface area contributed by atoms with Gasteiger partial charge in [0.2, 0.25) is 0 Å². The van der Waals surface area contributed by atoms with Crippen LogP contribution in [0.15, 0.2) is 40.1 Å². The van der Waals surface area contributed by atoms with E-state index in [0.717, 1.165) is 11.6 Å². The van der Waals surface area contributed by atoms with Crippen molar-refractivity contribution in [2.45, 2.75) is 32.7 Å². The van der Waals surface area contributed by atoms with E-state index in [-0.39, 0.29) is 5.84 Å². The van der Waals surface area contributed by atoms with E-state index in [4.69, 9.17) is 15.4 Å². The number of amidine groups is 1. The largest absolute Gasteiger partial charge is 0.469 e. The third-order valence-corrected chi connectivity index (χ3v) is 4.26. The predicted octanol–water partition coefficient (Wildman–Crippen LogP) is 2.49. The molecule has 1 aliphatic rings. The minimum Gasteiger partial charge on any atom is -0.469 e. The number of furan rings is 1. The number of nitrogens with two attached hydrogens (primary N) is 1. The van der Waals surface area contributed by atoms with Gasteiger partial charge in [-0.3, -0.25) is 4.68 Å². The Morgan fingerprint density at radius 3 is 2.68 bits per heavy atom. The standard InChI is InChI=1S/C17H19FN4O3/c1-9-8-25-11(3)13(9)15-14(16(19)21-24)10(2)20-22(15)12-6-4-5-7-17(12,18)23/h4-8,12,23-24H,1-3H3,(H2,19,21). The Bertz CT molecular complexity index is 886. The molecular formula is C17H19FN4O3. The maximum absolute atomic E-state index is 14.7. The molecule has 2 heterocycles. The lowest BCUT2D eigenvalue weighted by atomic mass is 9.99. The van der Waals surface area contributed by atoms with Crippen molar-refractivity contribution in [3.05, 3.63) is 53.1 Å². The van der Waals surface area contributed by atoms with E-state index in [9.17, 15) is 9.50 Å². The van der Waals surface area contributed by atoms with Gasteiger partial charge in [-0.1, -0.05) is 23.4 Å². The first kappa shape index (κ1) is 17.0. The molecule has 2 atom stereocenters. The number of hydrogen-bond donors (Lipinski definition) is 3. The summed E-state index contributed by atoms with van der Waals surface area (Å²) in [5.74, 6) is -2.21. The van der Waals surface area contributed by atoms with Crippen LogP contribution in [0.5, 0.6) is 0 Å². The number of aryl methyl sites for hydroxylation is 3. The normalized spacial score (nSPS) is 23.4. The third-order valence-electron chi connectivity index (χ3n) is 4.26. The van der Waals surface area contributed by atoms with Crippen LogP contribution in [0, 0.1) is 20.8 Å². The second-order valence-corrected chi connectivity index (χ2v) is 6.01. The van der Waals surface area contributed by atoms with Crippen LogP contribution in [-0.2, 0) is 0 Å². The lowest BCUT2D eigenvalue weighted by Gasteiger charge is -2.27. The van der Waals surface area contributed by atoms with Gasteiger partial charge in [-0.25, -0.2) is 4.39 Å². The molecule has 0 aromatic carbocycles. The van der Waals surface area contributed by atoms with Crippen molar-refractivity contribution >= 4 is 5.84 Å². The van der Waals surface area contributed by atoms with Crippen molar-refractivity contribution in [2.75, 3.05) is 0 Å². The minimum atomic E-state index is -2.63. The van der Waals surface area contributed by atoms with E-state index < -0.39 is 11.9 Å². The number of halogens is 1. The zero-order valence-corrected chi connectivity index (χ0v) is 14.1. The molecule has 0 saturated heterocycles. The van der Waals surface area contributed by atoms with Gasteiger partial charge >= 0.3 is 0 Å². The van der Waals surface area contributed by atoms with Crippen LogP contribution in [0.3, 0.4) is 0 Å². The number of allylic oxidation sites excluding steroid dienone is 2. The number of oxime groups is 1. The highest BCUT2D eigenvalue weighted by Gasteiger charge is 2.39. The molecule has 2 unspecified atom stereocenters. The van der Waals surface area contributed by atoms with E-state index in [1.54, 1.807) is 26.2 Å². The molecule has 132 valence electrons. The van der Waals surface area contributed by atoms with Gasteiger partial charge < -0.3 is 20.5 Å². The highest BCUT2D eigenvalue weighted by Crippen LogP contribution is 2.39. The maximum atomic E-state index is 14.7. The van der Waals surface area contributed by atoms with Crippen LogP contribution in [0.2, 0.25) is 0 Å². The lowest BCUT2D eigenvalue weighted by molar-refractivity contribution is -0.0742. The Morgan fingerprint density at radius 1 is 1.40 bits per heavy atom. The zero-order chi connectivity index (χ0) is 18.4. The van der Waals surface area contributed by atoms with Crippen LogP contribution >= 0.6 is 0 Å². The summed E-state index contributed by atoms with van der Waals surface area (Å²) in [5.41, 5.74) is 8.48. The molecule has 2 aromatic rings. The summed E-state index contributed by atoms with van der Waals surface area (Å²) in [5, 5.41) is 26.7. The fourth-order valence-electron chi connectivity index (χ4n) is 3.12. The molecule has 2 aromatic heterocycles. The Balaban J connectivity index is 2.35. The molecule has 0 bridgehead atoms. The molecular weight excluding hydrogens is 327 g/mol. The van der Waals surface area contributed by atoms with Crippen LogP contribution < -0.4 is 5.73 Å². The van der Waals surface area contributed by atoms with Crippen LogP contribution in [-0.4, -0.2) is 31.8 Å². The molecule has 0 saturated carbocycles. The minimum absolute atomic E-state index is 0.156. The fourth-order valence-corrected chi connectivity index (χ4v) is 3.12. The summed E-state index contributed by atoms with van der Waals surface area (Å²) in [6.07, 6.45) is 7.15. The van der Waals surface area contributed by atoms with Gasteiger partial charge in [0.05, 0.1) is 23.2 Å². The average molecular weight is 346 g/mol. The second-order valence-electron chi connectivity index (χ2n) is 6.01. The van der Waals surface area contributed by atoms with Crippen LogP contribution in [0.1, 0.15) is 28.6 Å². The number of nitrogens with zero attached hydrogens (tertiary/aromatic N) is 3. The quantitative estimate of drug-likeness (QED) is 0.342. The van der Waals surface area contributed by atoms with E-state index in [1.807, 2.05) is 6.92 Å². The summed E-state index contributed by atoms with van der Waals surface area (Å²) in [4.78, 5) is 0. The second kappa shape index (κ2) is 5.89. The van der Waals surface area contributed by atoms with E-state index in [1.165, 1.54) is 16.8 Å². The lowest BCUT2D eigenvalue weighted by Crippen LogP contribution is -2.34. The Morgan fingerprint density at radius 2 is 2.12 bits per heavy atom. The van der Waals surface area contributed by atoms with Crippen molar-refractivity contribution in [2.24, 2.45) is 10.9 Å². The van der Waals surface area contributed by atoms with Gasteiger partial charge in [0.1, 0.15) is 11.8 Å². The van der Waals surface area contributed by atoms with Crippen molar-refractivity contribution in [3.63, 3.8) is 0 Å². The Hall–Kier alpha value is -2.87. The topological polar surface area (TPSA) is 110 Å². The summed E-state index contributed by atoms with van der Waals surface area (Å²) in [6, 6.07) is -1.11. The number of alkyl halides is 1. The molecule has 0 amide bonds. The molecule has 1 aliphatic carbocycles. The molecule has 0 fully saturated rings. The van der Waals surface area contributed by atoms with Crippen molar-refractivity contribution in [1.82, 2.24) is 9.78 Å². The fraction of sp³-hybridized carbons (Fsp3) is 0.294. The average Bonchev–Trinajstić information content (AvgIpc) is 3.05. The number of hydrogen-bond acceptors (Lipinski definition) is 5. The highest BCUT2D eigenvalue weighted by molar-refractivity contribution is 6.04. The Labute approximate surface area is 143 Å². The van der Waals surface area contributed by atoms with Gasteiger partial charge in [-0.2, -0.15) is 5.10 Å². The number of rotatable bonds is 3. The van der Waals surface area contributed by atoms with E-state index in [2.05, 4.69) is 10.3 Å². The van der Waals surface area contributed by atoms with Crippen molar-refractivity contribution in [3.8, 4) is 11.3 Å². The van der Waals surface area contributed by atoms with Gasteiger partial charge in [-0.15, -0.1) is 0 Å². The van der Waals surface area contributed by atoms with Gasteiger partial charge in [-0.05, 0) is 32.4 Å². The summed E-state index contributed by atoms with van der Waals surface area (Å²) < 4.78 is 21.5. The summed E-state index contributed by atoms with van der Waals surface area (Å²) >= 11 is 0. The molecule has 25 heavy (non-hydrogen) atoms. The van der Waals surface area contributed by atoms with Gasteiger partial charge in [0.15, 0.2) is 5.84 Å². The van der Waals surface area contributed by atoms with Crippen molar-refractivity contribution in [1.29, 1.82) is 0 Å². The van der Waals surface area contributed by atoms with E-state index in [0.29, 0.717) is 28.3 Å². The van der Waals surface area contributed by atoms with Gasteiger partial charge in [0, 0.05) is 5.56 Å². The monoisotopic (exact) mass is 346 g/mol. The molecule has 4 N–H and O–H groups in total. The highest BCUT2D eigenvalue weighted by atomic mass is 19.2. The first-order chi connectivity index (χ1) is 11.8. The van der Waals surface area contributed by atoms with Crippen LogP contribution in [0.4, 0.5) is 4.39 Å². The van der Waals surface area contributed by atoms with E-state index >= 15 is 0 Å². The SMILES string of the molecule is Cc1coc(C)c1-c1c(C(N)=NO)c(C)nn1C1C=CC=CC1(O)F. The smallest absolute Gasteiger partial charge is 0.252 e. The Kier molecular flexibility index (Phi) is 4.00. The summed E-state index contributed by atoms with van der Waals surface area (Å²) in [7, 11) is 0. The molecule has 8 heteroatoms. The molecule has 0 spiro atoms. The van der Waals surface area contributed by atoms with Crippen LogP contribution in [0.25, 0.3) is 11.3 Å². The zero-order valence-electron chi connectivity index (χ0n) is 14.1. The number of aromatic nitrogens is 2. The maximum Gasteiger partial charge on any atom is 0.252 e. The molecule has 7 nitrogen and oxygen atoms in total. The van der Waals surface area contributed by atoms with Gasteiger partial charge in [0.25, 0.3) is 5.85 Å². The molecule has 3 rings (SSSR count).